The number of carbonyl (C=O) groups is 2. The normalized spacial score (nSPS) is 19.0. The molecule has 1 N–H and O–H groups in total. The van der Waals surface area contributed by atoms with Gasteiger partial charge in [-0.2, -0.15) is 4.98 Å². The van der Waals surface area contributed by atoms with E-state index >= 15 is 0 Å². The molecule has 0 aliphatic carbocycles. The van der Waals surface area contributed by atoms with E-state index in [-0.39, 0.29) is 19.2 Å². The Morgan fingerprint density at radius 3 is 2.89 bits per heavy atom. The van der Waals surface area contributed by atoms with Gasteiger partial charge in [-0.15, -0.1) is 0 Å². The number of aryl methyl sites for hydroxylation is 1. The van der Waals surface area contributed by atoms with Crippen LogP contribution in [0.3, 0.4) is 0 Å². The summed E-state index contributed by atoms with van der Waals surface area (Å²) in [6.45, 7) is 1.99. The van der Waals surface area contributed by atoms with Crippen molar-refractivity contribution in [2.75, 3.05) is 13.7 Å². The van der Waals surface area contributed by atoms with Gasteiger partial charge in [-0.25, -0.2) is 9.59 Å². The molecule has 2 aliphatic rings. The Morgan fingerprint density at radius 2 is 2.15 bits per heavy atom. The van der Waals surface area contributed by atoms with Crippen LogP contribution in [0.25, 0.3) is 0 Å². The molecule has 9 heteroatoms. The lowest BCUT2D eigenvalue weighted by Crippen LogP contribution is -2.47. The third-order valence-electron chi connectivity index (χ3n) is 4.57. The third-order valence-corrected chi connectivity index (χ3v) is 4.57. The first-order valence-electron chi connectivity index (χ1n) is 8.55. The number of aromatic nitrogens is 2. The summed E-state index contributed by atoms with van der Waals surface area (Å²) < 4.78 is 15.8. The second kappa shape index (κ2) is 6.75. The fourth-order valence-corrected chi connectivity index (χ4v) is 3.25. The molecule has 0 saturated heterocycles. The van der Waals surface area contributed by atoms with Gasteiger partial charge < -0.3 is 19.3 Å². The molecule has 1 aromatic heterocycles. The molecular formula is C18H18N4O5. The zero-order valence-electron chi connectivity index (χ0n) is 14.9. The van der Waals surface area contributed by atoms with Crippen LogP contribution in [0.15, 0.2) is 40.1 Å². The van der Waals surface area contributed by atoms with Crippen LogP contribution >= 0.6 is 0 Å². The Labute approximate surface area is 154 Å². The number of methoxy groups -OCH3 is 1. The molecule has 0 unspecified atom stereocenters. The number of benzene rings is 1. The number of hydrogen-bond donors (Lipinski definition) is 1. The quantitative estimate of drug-likeness (QED) is 0.799. The maximum atomic E-state index is 12.8. The van der Waals surface area contributed by atoms with Gasteiger partial charge in [0, 0.05) is 12.0 Å². The van der Waals surface area contributed by atoms with Crippen LogP contribution in [0, 0.1) is 0 Å². The Balaban J connectivity index is 1.72. The second-order valence-corrected chi connectivity index (χ2v) is 6.10. The molecule has 0 bridgehead atoms. The van der Waals surface area contributed by atoms with Crippen LogP contribution in [0.1, 0.15) is 30.2 Å². The van der Waals surface area contributed by atoms with E-state index in [0.717, 1.165) is 0 Å². The van der Waals surface area contributed by atoms with Crippen molar-refractivity contribution in [1.82, 2.24) is 20.4 Å². The largest absolute Gasteiger partial charge is 0.496 e. The van der Waals surface area contributed by atoms with Gasteiger partial charge in [0.2, 0.25) is 5.89 Å². The third kappa shape index (κ3) is 2.90. The summed E-state index contributed by atoms with van der Waals surface area (Å²) in [6, 6.07) is 6.20. The molecule has 1 aromatic carbocycles. The number of nitrogens with zero attached hydrogens (tertiary/aromatic N) is 3. The number of hydrogen-bond acceptors (Lipinski definition) is 7. The van der Waals surface area contributed by atoms with Gasteiger partial charge in [0.25, 0.3) is 0 Å². The highest BCUT2D eigenvalue weighted by atomic mass is 16.5. The Morgan fingerprint density at radius 1 is 1.33 bits per heavy atom. The molecule has 4 rings (SSSR count). The Hall–Kier alpha value is -3.36. The molecule has 27 heavy (non-hydrogen) atoms. The lowest BCUT2D eigenvalue weighted by atomic mass is 9.95. The molecule has 2 amide bonds. The Bertz CT molecular complexity index is 935. The monoisotopic (exact) mass is 370 g/mol. The smallest absolute Gasteiger partial charge is 0.338 e. The number of nitrogens with one attached hydrogen (secondary N) is 1. The number of esters is 1. The first-order valence-corrected chi connectivity index (χ1v) is 8.55. The van der Waals surface area contributed by atoms with Crippen molar-refractivity contribution in [3.8, 4) is 5.75 Å². The number of urea groups is 1. The van der Waals surface area contributed by atoms with Gasteiger partial charge in [0.05, 0.1) is 24.4 Å². The van der Waals surface area contributed by atoms with E-state index in [4.69, 9.17) is 14.0 Å². The zero-order chi connectivity index (χ0) is 19.0. The van der Waals surface area contributed by atoms with Crippen LogP contribution < -0.4 is 10.1 Å². The maximum Gasteiger partial charge on any atom is 0.338 e. The van der Waals surface area contributed by atoms with Crippen LogP contribution in [0.4, 0.5) is 4.79 Å². The highest BCUT2D eigenvalue weighted by Gasteiger charge is 2.43. The van der Waals surface area contributed by atoms with Crippen LogP contribution in [0.5, 0.6) is 5.75 Å². The van der Waals surface area contributed by atoms with E-state index in [2.05, 4.69) is 15.5 Å². The number of para-hydroxylation sites is 1. The second-order valence-electron chi connectivity index (χ2n) is 6.10. The van der Waals surface area contributed by atoms with Gasteiger partial charge in [-0.3, -0.25) is 4.90 Å². The van der Waals surface area contributed by atoms with Gasteiger partial charge >= 0.3 is 12.0 Å². The number of ether oxygens (including phenoxy) is 2. The lowest BCUT2D eigenvalue weighted by Gasteiger charge is -2.32. The van der Waals surface area contributed by atoms with Crippen LogP contribution in [-0.4, -0.2) is 40.8 Å². The average molecular weight is 370 g/mol. The van der Waals surface area contributed by atoms with Gasteiger partial charge in [0.1, 0.15) is 18.9 Å². The maximum absolute atomic E-state index is 12.8. The highest BCUT2D eigenvalue weighted by molar-refractivity contribution is 5.97. The average Bonchev–Trinajstić information content (AvgIpc) is 3.30. The minimum absolute atomic E-state index is 0.0159. The molecular weight excluding hydrogens is 352 g/mol. The van der Waals surface area contributed by atoms with Crippen molar-refractivity contribution < 1.29 is 23.6 Å². The van der Waals surface area contributed by atoms with E-state index < -0.39 is 12.0 Å². The SMILES string of the molecule is CCc1noc(CN2C(=O)N[C@H](c3ccccc3OC)C3=C2COC3=O)n1. The van der Waals surface area contributed by atoms with Crippen molar-refractivity contribution in [3.05, 3.63) is 52.8 Å². The summed E-state index contributed by atoms with van der Waals surface area (Å²) >= 11 is 0. The fraction of sp³-hybridized carbons (Fsp3) is 0.333. The summed E-state index contributed by atoms with van der Waals surface area (Å²) in [7, 11) is 1.54. The predicted molar refractivity (Wildman–Crippen MR) is 91.5 cm³/mol. The Kier molecular flexibility index (Phi) is 4.27. The first kappa shape index (κ1) is 17.1. The number of carbonyl (C=O) groups excluding carboxylic acids is 2. The molecule has 2 aliphatic heterocycles. The molecule has 0 radical (unpaired) electrons. The predicted octanol–water partition coefficient (Wildman–Crippen LogP) is 1.72. The van der Waals surface area contributed by atoms with Crippen molar-refractivity contribution in [2.24, 2.45) is 0 Å². The summed E-state index contributed by atoms with van der Waals surface area (Å²) in [4.78, 5) is 30.8. The van der Waals surface area contributed by atoms with Gasteiger partial charge in [-0.1, -0.05) is 30.3 Å². The first-order chi connectivity index (χ1) is 13.1. The van der Waals surface area contributed by atoms with E-state index in [9.17, 15) is 9.59 Å². The minimum atomic E-state index is -0.649. The van der Waals surface area contributed by atoms with Crippen LogP contribution in [-0.2, 0) is 22.5 Å². The summed E-state index contributed by atoms with van der Waals surface area (Å²) in [5.41, 5.74) is 1.57. The minimum Gasteiger partial charge on any atom is -0.496 e. The van der Waals surface area contributed by atoms with Crippen molar-refractivity contribution in [2.45, 2.75) is 25.9 Å². The number of rotatable bonds is 5. The molecule has 9 nitrogen and oxygen atoms in total. The van der Waals surface area contributed by atoms with Crippen molar-refractivity contribution in [1.29, 1.82) is 0 Å². The standard InChI is InChI=1S/C18H18N4O5/c1-3-13-19-14(27-21-13)8-22-11-9-26-17(23)15(11)16(20-18(22)24)10-6-4-5-7-12(10)25-2/h4-7,16H,3,8-9H2,1-2H3,(H,20,24)/t16-/m1/s1. The van der Waals surface area contributed by atoms with E-state index in [1.54, 1.807) is 19.2 Å². The van der Waals surface area contributed by atoms with Gasteiger partial charge in [-0.05, 0) is 6.07 Å². The lowest BCUT2D eigenvalue weighted by molar-refractivity contribution is -0.136. The molecule has 0 spiro atoms. The fourth-order valence-electron chi connectivity index (χ4n) is 3.25. The van der Waals surface area contributed by atoms with Crippen molar-refractivity contribution in [3.63, 3.8) is 0 Å². The highest BCUT2D eigenvalue weighted by Crippen LogP contribution is 2.38. The molecule has 3 heterocycles. The van der Waals surface area contributed by atoms with E-state index in [1.165, 1.54) is 4.90 Å². The topological polar surface area (TPSA) is 107 Å². The number of amides is 2. The summed E-state index contributed by atoms with van der Waals surface area (Å²) in [6.07, 6.45) is 0.626. The number of cyclic esters (lactones) is 1. The van der Waals surface area contributed by atoms with Crippen molar-refractivity contribution >= 4 is 12.0 Å². The molecule has 0 fully saturated rings. The molecule has 0 saturated carbocycles. The molecule has 140 valence electrons. The summed E-state index contributed by atoms with van der Waals surface area (Å²) in [5.74, 6) is 0.962. The zero-order valence-corrected chi connectivity index (χ0v) is 14.9. The van der Waals surface area contributed by atoms with E-state index in [1.807, 2.05) is 19.1 Å². The van der Waals surface area contributed by atoms with E-state index in [0.29, 0.717) is 40.7 Å². The molecule has 1 atom stereocenters. The summed E-state index contributed by atoms with van der Waals surface area (Å²) in [5, 5.41) is 6.69. The molecule has 2 aromatic rings. The van der Waals surface area contributed by atoms with Gasteiger partial charge in [0.15, 0.2) is 5.82 Å². The van der Waals surface area contributed by atoms with Crippen LogP contribution in [0.2, 0.25) is 0 Å².